The van der Waals surface area contributed by atoms with Crippen molar-refractivity contribution in [3.8, 4) is 11.1 Å². The van der Waals surface area contributed by atoms with Gasteiger partial charge in [-0.25, -0.2) is 4.98 Å². The van der Waals surface area contributed by atoms with Crippen LogP contribution in [0.25, 0.3) is 11.1 Å². The summed E-state index contributed by atoms with van der Waals surface area (Å²) < 4.78 is 3.91. The number of hydrogen-bond acceptors (Lipinski definition) is 4. The predicted octanol–water partition coefficient (Wildman–Crippen LogP) is 2.21. The second-order valence-electron chi connectivity index (χ2n) is 7.25. The molecule has 1 aromatic carbocycles. The first-order valence-corrected chi connectivity index (χ1v) is 9.12. The van der Waals surface area contributed by atoms with Crippen molar-refractivity contribution in [1.29, 1.82) is 0 Å². The number of benzene rings is 1. The maximum Gasteiger partial charge on any atom is 0.0945 e. The number of rotatable bonds is 6. The Kier molecular flexibility index (Phi) is 4.86. The molecule has 0 bridgehead atoms. The molecule has 6 heteroatoms. The largest absolute Gasteiger partial charge is 0.391 e. The molecule has 0 amide bonds. The highest BCUT2D eigenvalue weighted by Crippen LogP contribution is 2.28. The molecule has 4 rings (SSSR count). The molecule has 0 saturated heterocycles. The fourth-order valence-corrected chi connectivity index (χ4v) is 3.81. The van der Waals surface area contributed by atoms with Gasteiger partial charge in [0.2, 0.25) is 0 Å². The molecule has 3 atom stereocenters. The minimum absolute atomic E-state index is 0.154. The third kappa shape index (κ3) is 3.86. The monoisotopic (exact) mass is 351 g/mol. The standard InChI is InChI=1S/C20H25N5O/c1-24-13-18(11-23-24)17-4-2-15(3-5-17)10-22-19-8-16(9-20(19)26)12-25-7-6-21-14-25/h2-7,11,13-14,16,19-20,22,26H,8-10,12H2,1H3/t16?,19-,20-/m1/s1. The maximum absolute atomic E-state index is 10.4. The minimum Gasteiger partial charge on any atom is -0.391 e. The zero-order valence-electron chi connectivity index (χ0n) is 15.0. The predicted molar refractivity (Wildman–Crippen MR) is 100 cm³/mol. The van der Waals surface area contributed by atoms with Crippen LogP contribution in [0.5, 0.6) is 0 Å². The Morgan fingerprint density at radius 2 is 2.04 bits per heavy atom. The lowest BCUT2D eigenvalue weighted by molar-refractivity contribution is 0.145. The second-order valence-corrected chi connectivity index (χ2v) is 7.25. The summed E-state index contributed by atoms with van der Waals surface area (Å²) in [5.74, 6) is 0.490. The summed E-state index contributed by atoms with van der Waals surface area (Å²) >= 11 is 0. The van der Waals surface area contributed by atoms with E-state index < -0.39 is 0 Å². The normalized spacial score (nSPS) is 22.8. The van der Waals surface area contributed by atoms with Gasteiger partial charge in [-0.2, -0.15) is 5.10 Å². The molecule has 2 aromatic heterocycles. The smallest absolute Gasteiger partial charge is 0.0945 e. The van der Waals surface area contributed by atoms with Gasteiger partial charge >= 0.3 is 0 Å². The van der Waals surface area contributed by atoms with Gasteiger partial charge in [-0.1, -0.05) is 24.3 Å². The Bertz CT molecular complexity index is 824. The van der Waals surface area contributed by atoms with Crippen molar-refractivity contribution >= 4 is 0 Å². The van der Waals surface area contributed by atoms with E-state index in [0.717, 1.165) is 31.5 Å². The van der Waals surface area contributed by atoms with E-state index in [1.807, 2.05) is 36.6 Å². The van der Waals surface area contributed by atoms with E-state index in [1.165, 1.54) is 11.1 Å². The molecule has 136 valence electrons. The number of aromatic nitrogens is 4. The molecular weight excluding hydrogens is 326 g/mol. The summed E-state index contributed by atoms with van der Waals surface area (Å²) in [5, 5.41) is 18.1. The minimum atomic E-state index is -0.279. The van der Waals surface area contributed by atoms with E-state index in [0.29, 0.717) is 5.92 Å². The molecule has 1 aliphatic rings. The number of nitrogens with one attached hydrogen (secondary N) is 1. The van der Waals surface area contributed by atoms with Gasteiger partial charge in [0.15, 0.2) is 0 Å². The van der Waals surface area contributed by atoms with Crippen LogP contribution in [0.4, 0.5) is 0 Å². The Morgan fingerprint density at radius 1 is 1.19 bits per heavy atom. The average Bonchev–Trinajstić information content (AvgIpc) is 3.37. The summed E-state index contributed by atoms with van der Waals surface area (Å²) in [6.07, 6.45) is 11.1. The molecule has 1 unspecified atom stereocenters. The maximum atomic E-state index is 10.4. The van der Waals surface area contributed by atoms with Crippen molar-refractivity contribution in [2.75, 3.05) is 0 Å². The SMILES string of the molecule is Cn1cc(-c2ccc(CN[C@@H]3CC(Cn4ccnc4)C[C@H]3O)cc2)cn1. The van der Waals surface area contributed by atoms with Crippen molar-refractivity contribution in [1.82, 2.24) is 24.6 Å². The van der Waals surface area contributed by atoms with Crippen molar-refractivity contribution in [3.63, 3.8) is 0 Å². The van der Waals surface area contributed by atoms with Gasteiger partial charge < -0.3 is 15.0 Å². The molecule has 0 spiro atoms. The summed E-state index contributed by atoms with van der Waals surface area (Å²) in [5.41, 5.74) is 3.52. The molecule has 2 N–H and O–H groups in total. The molecule has 0 radical (unpaired) electrons. The molecule has 3 aromatic rings. The second kappa shape index (κ2) is 7.43. The number of nitrogens with zero attached hydrogens (tertiary/aromatic N) is 4. The number of aliphatic hydroxyl groups is 1. The molecule has 26 heavy (non-hydrogen) atoms. The first-order chi connectivity index (χ1) is 12.7. The number of hydrogen-bond donors (Lipinski definition) is 2. The van der Waals surface area contributed by atoms with E-state index in [2.05, 4.69) is 44.2 Å². The van der Waals surface area contributed by atoms with Crippen LogP contribution in [-0.4, -0.2) is 36.6 Å². The fourth-order valence-electron chi connectivity index (χ4n) is 3.81. The van der Waals surface area contributed by atoms with Gasteiger partial charge in [0.25, 0.3) is 0 Å². The first kappa shape index (κ1) is 17.0. The lowest BCUT2D eigenvalue weighted by atomic mass is 10.1. The van der Waals surface area contributed by atoms with Gasteiger partial charge in [-0.05, 0) is 29.9 Å². The van der Waals surface area contributed by atoms with Gasteiger partial charge in [0.1, 0.15) is 0 Å². The van der Waals surface area contributed by atoms with Crippen LogP contribution in [0.2, 0.25) is 0 Å². The number of aryl methyl sites for hydroxylation is 1. The van der Waals surface area contributed by atoms with E-state index in [4.69, 9.17) is 0 Å². The summed E-state index contributed by atoms with van der Waals surface area (Å²) in [7, 11) is 1.93. The molecule has 1 fully saturated rings. The van der Waals surface area contributed by atoms with Crippen molar-refractivity contribution in [3.05, 3.63) is 60.9 Å². The van der Waals surface area contributed by atoms with E-state index in [1.54, 1.807) is 6.20 Å². The van der Waals surface area contributed by atoms with Gasteiger partial charge in [0, 0.05) is 50.3 Å². The lowest BCUT2D eigenvalue weighted by Crippen LogP contribution is -2.35. The summed E-state index contributed by atoms with van der Waals surface area (Å²) in [6, 6.07) is 8.68. The van der Waals surface area contributed by atoms with Crippen LogP contribution in [0, 0.1) is 5.92 Å². The van der Waals surface area contributed by atoms with Crippen LogP contribution in [0.15, 0.2) is 55.4 Å². The summed E-state index contributed by atoms with van der Waals surface area (Å²) in [6.45, 7) is 1.70. The van der Waals surface area contributed by atoms with E-state index >= 15 is 0 Å². The van der Waals surface area contributed by atoms with Gasteiger partial charge in [-0.15, -0.1) is 0 Å². The van der Waals surface area contributed by atoms with Crippen LogP contribution in [-0.2, 0) is 20.1 Å². The molecule has 1 aliphatic carbocycles. The molecule has 0 aliphatic heterocycles. The first-order valence-electron chi connectivity index (χ1n) is 9.12. The average molecular weight is 351 g/mol. The number of aliphatic hydroxyl groups excluding tert-OH is 1. The zero-order valence-corrected chi connectivity index (χ0v) is 15.0. The molecule has 1 saturated carbocycles. The Hall–Kier alpha value is -2.44. The Balaban J connectivity index is 1.31. The van der Waals surface area contributed by atoms with Crippen molar-refractivity contribution < 1.29 is 5.11 Å². The van der Waals surface area contributed by atoms with Crippen LogP contribution in [0.3, 0.4) is 0 Å². The summed E-state index contributed by atoms with van der Waals surface area (Å²) in [4.78, 5) is 4.09. The zero-order chi connectivity index (χ0) is 17.9. The number of imidazole rings is 1. The molecular formula is C20H25N5O. The fraction of sp³-hybridized carbons (Fsp3) is 0.400. The lowest BCUT2D eigenvalue weighted by Gasteiger charge is -2.16. The topological polar surface area (TPSA) is 67.9 Å². The highest BCUT2D eigenvalue weighted by Gasteiger charge is 2.32. The third-order valence-electron chi connectivity index (χ3n) is 5.22. The van der Waals surface area contributed by atoms with Crippen molar-refractivity contribution in [2.24, 2.45) is 13.0 Å². The van der Waals surface area contributed by atoms with Crippen LogP contribution < -0.4 is 5.32 Å². The molecule has 2 heterocycles. The van der Waals surface area contributed by atoms with Gasteiger partial charge in [-0.3, -0.25) is 4.68 Å². The van der Waals surface area contributed by atoms with Crippen LogP contribution in [0.1, 0.15) is 18.4 Å². The quantitative estimate of drug-likeness (QED) is 0.714. The molecule has 6 nitrogen and oxygen atoms in total. The van der Waals surface area contributed by atoms with Gasteiger partial charge in [0.05, 0.1) is 18.6 Å². The van der Waals surface area contributed by atoms with E-state index in [-0.39, 0.29) is 12.1 Å². The van der Waals surface area contributed by atoms with E-state index in [9.17, 15) is 5.11 Å². The Morgan fingerprint density at radius 3 is 2.73 bits per heavy atom. The van der Waals surface area contributed by atoms with Crippen LogP contribution >= 0.6 is 0 Å². The highest BCUT2D eigenvalue weighted by atomic mass is 16.3. The highest BCUT2D eigenvalue weighted by molar-refractivity contribution is 5.61. The van der Waals surface area contributed by atoms with Crippen molar-refractivity contribution in [2.45, 2.75) is 38.1 Å². The Labute approximate surface area is 153 Å². The third-order valence-corrected chi connectivity index (χ3v) is 5.22.